The van der Waals surface area contributed by atoms with Crippen LogP contribution in [0.3, 0.4) is 0 Å². The lowest BCUT2D eigenvalue weighted by molar-refractivity contribution is 0.682. The third kappa shape index (κ3) is 2.03. The first-order valence-electron chi connectivity index (χ1n) is 7.01. The Morgan fingerprint density at radius 3 is 2.29 bits per heavy atom. The zero-order valence-corrected chi connectivity index (χ0v) is 12.3. The summed E-state index contributed by atoms with van der Waals surface area (Å²) in [7, 11) is -1.12. The molecule has 1 aliphatic rings. The molecule has 0 spiro atoms. The summed E-state index contributed by atoms with van der Waals surface area (Å²) in [5, 5.41) is 0. The zero-order chi connectivity index (χ0) is 14.2. The number of hydrogen-bond acceptors (Lipinski definition) is 1. The minimum absolute atomic E-state index is 0.863. The summed E-state index contributed by atoms with van der Waals surface area (Å²) in [6.45, 7) is 0. The topological polar surface area (TPSA) is 17.1 Å². The maximum absolute atomic E-state index is 12.9. The van der Waals surface area contributed by atoms with Crippen molar-refractivity contribution in [3.05, 3.63) is 83.9 Å². The summed E-state index contributed by atoms with van der Waals surface area (Å²) in [4.78, 5) is 1.80. The number of hydrogen-bond donors (Lipinski definition) is 0. The van der Waals surface area contributed by atoms with Gasteiger partial charge in [-0.2, -0.15) is 0 Å². The van der Waals surface area contributed by atoms with Gasteiger partial charge in [0, 0.05) is 9.79 Å². The van der Waals surface area contributed by atoms with E-state index in [0.29, 0.717) is 0 Å². The molecule has 102 valence electrons. The van der Waals surface area contributed by atoms with E-state index >= 15 is 0 Å². The van der Waals surface area contributed by atoms with Gasteiger partial charge in [-0.3, -0.25) is 0 Å². The molecular formula is C19H14OS. The van der Waals surface area contributed by atoms with Gasteiger partial charge < -0.3 is 0 Å². The van der Waals surface area contributed by atoms with Gasteiger partial charge in [0.1, 0.15) is 0 Å². The lowest BCUT2D eigenvalue weighted by atomic mass is 10.1. The van der Waals surface area contributed by atoms with Crippen LogP contribution in [0.1, 0.15) is 11.1 Å². The molecule has 0 saturated carbocycles. The molecule has 0 saturated heterocycles. The molecule has 0 aliphatic heterocycles. The van der Waals surface area contributed by atoms with Crippen LogP contribution < -0.4 is 0 Å². The highest BCUT2D eigenvalue weighted by atomic mass is 32.2. The molecule has 0 radical (unpaired) electrons. The van der Waals surface area contributed by atoms with Crippen LogP contribution in [-0.4, -0.2) is 4.21 Å². The zero-order valence-electron chi connectivity index (χ0n) is 11.5. The average Bonchev–Trinajstić information content (AvgIpc) is 2.94. The maximum Gasteiger partial charge on any atom is 0.0852 e. The first kappa shape index (κ1) is 12.5. The van der Waals surface area contributed by atoms with Gasteiger partial charge in [-0.15, -0.1) is 0 Å². The molecule has 0 bridgehead atoms. The van der Waals surface area contributed by atoms with E-state index in [1.165, 1.54) is 22.3 Å². The Morgan fingerprint density at radius 1 is 0.714 bits per heavy atom. The largest absolute Gasteiger partial charge is 0.249 e. The summed E-state index contributed by atoms with van der Waals surface area (Å²) >= 11 is 0. The highest BCUT2D eigenvalue weighted by Crippen LogP contribution is 2.39. The standard InChI is InChI=1S/C19H14OS/c20-21(15-8-2-1-3-9-15)19-12-6-11-17-16-10-5-4-7-14(16)13-18(17)19/h1-12H,13H2. The van der Waals surface area contributed by atoms with E-state index in [0.717, 1.165) is 16.2 Å². The molecule has 1 unspecified atom stereocenters. The molecule has 1 atom stereocenters. The molecule has 4 rings (SSSR count). The second-order valence-corrected chi connectivity index (χ2v) is 6.65. The molecule has 0 aromatic heterocycles. The van der Waals surface area contributed by atoms with Crippen LogP contribution in [0.15, 0.2) is 82.6 Å². The van der Waals surface area contributed by atoms with Gasteiger partial charge in [0.15, 0.2) is 0 Å². The monoisotopic (exact) mass is 290 g/mol. The predicted molar refractivity (Wildman–Crippen MR) is 85.8 cm³/mol. The summed E-state index contributed by atoms with van der Waals surface area (Å²) in [6, 6.07) is 24.3. The van der Waals surface area contributed by atoms with E-state index in [2.05, 4.69) is 30.3 Å². The lowest BCUT2D eigenvalue weighted by Gasteiger charge is -2.08. The van der Waals surface area contributed by atoms with Crippen LogP contribution in [-0.2, 0) is 17.2 Å². The molecule has 3 aromatic carbocycles. The third-order valence-electron chi connectivity index (χ3n) is 3.96. The Balaban J connectivity index is 1.86. The molecule has 2 heteroatoms. The van der Waals surface area contributed by atoms with Crippen LogP contribution in [0.2, 0.25) is 0 Å². The van der Waals surface area contributed by atoms with Gasteiger partial charge in [0.2, 0.25) is 0 Å². The van der Waals surface area contributed by atoms with Crippen LogP contribution >= 0.6 is 0 Å². The van der Waals surface area contributed by atoms with Gasteiger partial charge in [-0.25, -0.2) is 4.21 Å². The molecule has 3 aromatic rings. The van der Waals surface area contributed by atoms with Crippen molar-refractivity contribution >= 4 is 10.8 Å². The Hall–Kier alpha value is -2.19. The van der Waals surface area contributed by atoms with E-state index in [-0.39, 0.29) is 0 Å². The van der Waals surface area contributed by atoms with Crippen molar-refractivity contribution in [2.45, 2.75) is 16.2 Å². The summed E-state index contributed by atoms with van der Waals surface area (Å²) in [5.41, 5.74) is 5.04. The second kappa shape index (κ2) is 4.97. The van der Waals surface area contributed by atoms with Crippen LogP contribution in [0.5, 0.6) is 0 Å². The van der Waals surface area contributed by atoms with E-state index in [1.54, 1.807) is 0 Å². The average molecular weight is 290 g/mol. The molecular weight excluding hydrogens is 276 g/mol. The third-order valence-corrected chi connectivity index (χ3v) is 5.45. The van der Waals surface area contributed by atoms with Gasteiger partial charge in [0.25, 0.3) is 0 Å². The fourth-order valence-corrected chi connectivity index (χ4v) is 4.24. The quantitative estimate of drug-likeness (QED) is 0.534. The Bertz CT molecular complexity index is 837. The number of rotatable bonds is 2. The van der Waals surface area contributed by atoms with Gasteiger partial charge >= 0.3 is 0 Å². The van der Waals surface area contributed by atoms with Gasteiger partial charge in [-0.05, 0) is 46.9 Å². The van der Waals surface area contributed by atoms with E-state index in [4.69, 9.17) is 0 Å². The normalized spacial score (nSPS) is 13.5. The Labute approximate surface area is 126 Å². The minimum Gasteiger partial charge on any atom is -0.249 e. The molecule has 1 nitrogen and oxygen atoms in total. The number of benzene rings is 3. The highest BCUT2D eigenvalue weighted by Gasteiger charge is 2.23. The highest BCUT2D eigenvalue weighted by molar-refractivity contribution is 7.85. The Kier molecular flexibility index (Phi) is 2.97. The van der Waals surface area contributed by atoms with Crippen molar-refractivity contribution in [1.82, 2.24) is 0 Å². The fraction of sp³-hybridized carbons (Fsp3) is 0.0526. The van der Waals surface area contributed by atoms with Crippen LogP contribution in [0.4, 0.5) is 0 Å². The Morgan fingerprint density at radius 2 is 1.43 bits per heavy atom. The maximum atomic E-state index is 12.9. The first-order valence-corrected chi connectivity index (χ1v) is 8.16. The molecule has 0 N–H and O–H groups in total. The molecule has 0 amide bonds. The van der Waals surface area contributed by atoms with Crippen molar-refractivity contribution in [2.75, 3.05) is 0 Å². The van der Waals surface area contributed by atoms with Crippen molar-refractivity contribution < 1.29 is 4.21 Å². The van der Waals surface area contributed by atoms with Crippen molar-refractivity contribution in [1.29, 1.82) is 0 Å². The van der Waals surface area contributed by atoms with Crippen LogP contribution in [0.25, 0.3) is 11.1 Å². The van der Waals surface area contributed by atoms with E-state index in [9.17, 15) is 4.21 Å². The molecule has 21 heavy (non-hydrogen) atoms. The smallest absolute Gasteiger partial charge is 0.0852 e. The van der Waals surface area contributed by atoms with Crippen LogP contribution in [0, 0.1) is 0 Å². The van der Waals surface area contributed by atoms with Crippen molar-refractivity contribution in [3.8, 4) is 11.1 Å². The van der Waals surface area contributed by atoms with E-state index < -0.39 is 10.8 Å². The summed E-state index contributed by atoms with van der Waals surface area (Å²) < 4.78 is 12.9. The van der Waals surface area contributed by atoms with Gasteiger partial charge in [-0.1, -0.05) is 54.6 Å². The molecule has 1 aliphatic carbocycles. The number of fused-ring (bicyclic) bond motifs is 3. The van der Waals surface area contributed by atoms with Crippen molar-refractivity contribution in [2.24, 2.45) is 0 Å². The van der Waals surface area contributed by atoms with E-state index in [1.807, 2.05) is 42.5 Å². The SMILES string of the molecule is O=S(c1ccccc1)c1cccc2c1Cc1ccccc1-2. The lowest BCUT2D eigenvalue weighted by Crippen LogP contribution is -1.97. The van der Waals surface area contributed by atoms with Crippen molar-refractivity contribution in [3.63, 3.8) is 0 Å². The fourth-order valence-electron chi connectivity index (χ4n) is 2.97. The second-order valence-electron chi connectivity index (χ2n) is 5.20. The first-order chi connectivity index (χ1) is 10.3. The summed E-state index contributed by atoms with van der Waals surface area (Å²) in [6.07, 6.45) is 0.875. The molecule has 0 fully saturated rings. The predicted octanol–water partition coefficient (Wildman–Crippen LogP) is 4.42. The summed E-state index contributed by atoms with van der Waals surface area (Å²) in [5.74, 6) is 0. The molecule has 0 heterocycles. The van der Waals surface area contributed by atoms with Gasteiger partial charge in [0.05, 0.1) is 10.8 Å². The minimum atomic E-state index is -1.12.